The monoisotopic (exact) mass is 359 g/mol. The molecule has 0 amide bonds. The van der Waals surface area contributed by atoms with Gasteiger partial charge in [-0.2, -0.15) is 0 Å². The molecule has 2 atom stereocenters. The third kappa shape index (κ3) is 2.94. The van der Waals surface area contributed by atoms with Crippen LogP contribution in [0.2, 0.25) is 5.02 Å². The van der Waals surface area contributed by atoms with E-state index in [0.717, 1.165) is 42.5 Å². The number of thiocarbonyl (C=S) groups is 1. The van der Waals surface area contributed by atoms with Crippen LogP contribution in [0.1, 0.15) is 18.0 Å². The molecule has 1 saturated heterocycles. The summed E-state index contributed by atoms with van der Waals surface area (Å²) in [6.07, 6.45) is 1.12. The Balaban J connectivity index is 1.53. The maximum atomic E-state index is 12.1. The summed E-state index contributed by atoms with van der Waals surface area (Å²) in [5.41, 5.74) is 2.14. The van der Waals surface area contributed by atoms with Crippen molar-refractivity contribution in [2.45, 2.75) is 18.9 Å². The number of benzene rings is 1. The molecule has 2 aliphatic heterocycles. The van der Waals surface area contributed by atoms with Crippen LogP contribution in [0.5, 0.6) is 0 Å². The molecule has 2 aliphatic rings. The second-order valence-electron chi connectivity index (χ2n) is 6.54. The maximum Gasteiger partial charge on any atom is 0.250 e. The molecule has 1 fully saturated rings. The Labute approximate surface area is 151 Å². The summed E-state index contributed by atoms with van der Waals surface area (Å²) in [4.78, 5) is 14.3. The molecule has 4 rings (SSSR count). The number of piperidine rings is 1. The molecule has 2 bridgehead atoms. The minimum Gasteiger partial charge on any atom is -0.348 e. The van der Waals surface area contributed by atoms with E-state index in [1.165, 1.54) is 0 Å². The van der Waals surface area contributed by atoms with Crippen LogP contribution < -0.4 is 10.9 Å². The molecular formula is C18H18ClN3OS. The van der Waals surface area contributed by atoms with Gasteiger partial charge in [0, 0.05) is 48.0 Å². The summed E-state index contributed by atoms with van der Waals surface area (Å²) < 4.78 is 1.93. The summed E-state index contributed by atoms with van der Waals surface area (Å²) in [5, 5.41) is 4.69. The molecule has 0 aliphatic carbocycles. The molecule has 0 radical (unpaired) electrons. The van der Waals surface area contributed by atoms with Crippen molar-refractivity contribution in [3.8, 4) is 0 Å². The van der Waals surface area contributed by atoms with Gasteiger partial charge in [0.1, 0.15) is 0 Å². The van der Waals surface area contributed by atoms with Crippen LogP contribution in [0.25, 0.3) is 0 Å². The molecule has 0 saturated carbocycles. The minimum absolute atomic E-state index is 0.107. The van der Waals surface area contributed by atoms with E-state index in [9.17, 15) is 4.79 Å². The van der Waals surface area contributed by atoms with Gasteiger partial charge in [-0.3, -0.25) is 4.79 Å². The number of nitrogens with zero attached hydrogens (tertiary/aromatic N) is 2. The van der Waals surface area contributed by atoms with Crippen molar-refractivity contribution in [1.82, 2.24) is 9.47 Å². The fourth-order valence-electron chi connectivity index (χ4n) is 3.83. The largest absolute Gasteiger partial charge is 0.348 e. The SMILES string of the molecule is O=c1cccc2n1CC1CC2CN(C(=S)Nc2cccc(Cl)c2)C1. The van der Waals surface area contributed by atoms with E-state index >= 15 is 0 Å². The zero-order valence-corrected chi connectivity index (χ0v) is 14.7. The summed E-state index contributed by atoms with van der Waals surface area (Å²) in [7, 11) is 0. The van der Waals surface area contributed by atoms with Gasteiger partial charge in [0.2, 0.25) is 0 Å². The van der Waals surface area contributed by atoms with Crippen LogP contribution in [0.4, 0.5) is 5.69 Å². The smallest absolute Gasteiger partial charge is 0.250 e. The molecule has 3 heterocycles. The number of fused-ring (bicyclic) bond motifs is 4. The second kappa shape index (κ2) is 6.22. The van der Waals surface area contributed by atoms with Gasteiger partial charge in [-0.05, 0) is 48.8 Å². The van der Waals surface area contributed by atoms with Crippen LogP contribution in [-0.4, -0.2) is 27.7 Å². The van der Waals surface area contributed by atoms with E-state index < -0.39 is 0 Å². The molecular weight excluding hydrogens is 342 g/mol. The molecule has 2 unspecified atom stereocenters. The van der Waals surface area contributed by atoms with E-state index in [1.807, 2.05) is 34.9 Å². The van der Waals surface area contributed by atoms with E-state index in [1.54, 1.807) is 6.07 Å². The number of halogens is 1. The predicted octanol–water partition coefficient (Wildman–Crippen LogP) is 3.32. The van der Waals surface area contributed by atoms with Crippen LogP contribution in [-0.2, 0) is 6.54 Å². The van der Waals surface area contributed by atoms with Gasteiger partial charge < -0.3 is 14.8 Å². The van der Waals surface area contributed by atoms with Gasteiger partial charge in [0.15, 0.2) is 5.11 Å². The number of pyridine rings is 1. The first-order chi connectivity index (χ1) is 11.6. The van der Waals surface area contributed by atoms with Crippen molar-refractivity contribution in [1.29, 1.82) is 0 Å². The first-order valence-electron chi connectivity index (χ1n) is 8.11. The third-order valence-corrected chi connectivity index (χ3v) is 5.44. The van der Waals surface area contributed by atoms with Gasteiger partial charge in [0.05, 0.1) is 0 Å². The van der Waals surface area contributed by atoms with Crippen molar-refractivity contribution in [2.24, 2.45) is 5.92 Å². The molecule has 24 heavy (non-hydrogen) atoms. The number of likely N-dealkylation sites (tertiary alicyclic amines) is 1. The molecule has 124 valence electrons. The lowest BCUT2D eigenvalue weighted by atomic mass is 9.83. The van der Waals surface area contributed by atoms with Gasteiger partial charge in [-0.1, -0.05) is 23.7 Å². The maximum absolute atomic E-state index is 12.1. The lowest BCUT2D eigenvalue weighted by molar-refractivity contribution is 0.180. The molecule has 1 aromatic carbocycles. The molecule has 0 spiro atoms. The third-order valence-electron chi connectivity index (χ3n) is 4.84. The number of aromatic nitrogens is 1. The van der Waals surface area contributed by atoms with Gasteiger partial charge in [0.25, 0.3) is 5.56 Å². The summed E-state index contributed by atoms with van der Waals surface area (Å²) in [6, 6.07) is 13.1. The lowest BCUT2D eigenvalue weighted by Crippen LogP contribution is -2.50. The number of hydrogen-bond acceptors (Lipinski definition) is 2. The fourth-order valence-corrected chi connectivity index (χ4v) is 4.29. The normalized spacial score (nSPS) is 22.0. The Bertz CT molecular complexity index is 850. The number of hydrogen-bond donors (Lipinski definition) is 1. The van der Waals surface area contributed by atoms with Gasteiger partial charge >= 0.3 is 0 Å². The highest BCUT2D eigenvalue weighted by atomic mass is 35.5. The topological polar surface area (TPSA) is 37.3 Å². The van der Waals surface area contributed by atoms with Crippen LogP contribution >= 0.6 is 23.8 Å². The Morgan fingerprint density at radius 3 is 2.83 bits per heavy atom. The van der Waals surface area contributed by atoms with Gasteiger partial charge in [-0.25, -0.2) is 0 Å². The highest BCUT2D eigenvalue weighted by Gasteiger charge is 2.35. The first kappa shape index (κ1) is 15.7. The summed E-state index contributed by atoms with van der Waals surface area (Å²) in [5.74, 6) is 0.806. The lowest BCUT2D eigenvalue weighted by Gasteiger charge is -2.43. The number of rotatable bonds is 1. The Kier molecular flexibility index (Phi) is 4.06. The predicted molar refractivity (Wildman–Crippen MR) is 101 cm³/mol. The van der Waals surface area contributed by atoms with E-state index in [-0.39, 0.29) is 5.56 Å². The Hall–Kier alpha value is -1.85. The average Bonchev–Trinajstić information content (AvgIpc) is 2.56. The molecule has 6 heteroatoms. The molecule has 1 N–H and O–H groups in total. The Morgan fingerprint density at radius 1 is 1.17 bits per heavy atom. The summed E-state index contributed by atoms with van der Waals surface area (Å²) >= 11 is 11.6. The van der Waals surface area contributed by atoms with Crippen molar-refractivity contribution in [3.05, 3.63) is 63.5 Å². The minimum atomic E-state index is 0.107. The van der Waals surface area contributed by atoms with Crippen molar-refractivity contribution >= 4 is 34.6 Å². The van der Waals surface area contributed by atoms with Crippen molar-refractivity contribution in [2.75, 3.05) is 18.4 Å². The highest BCUT2D eigenvalue weighted by molar-refractivity contribution is 7.80. The Morgan fingerprint density at radius 2 is 2.00 bits per heavy atom. The number of nitrogens with one attached hydrogen (secondary N) is 1. The van der Waals surface area contributed by atoms with Crippen molar-refractivity contribution in [3.63, 3.8) is 0 Å². The molecule has 4 nitrogen and oxygen atoms in total. The van der Waals surface area contributed by atoms with Crippen LogP contribution in [0, 0.1) is 5.92 Å². The van der Waals surface area contributed by atoms with Crippen molar-refractivity contribution < 1.29 is 0 Å². The van der Waals surface area contributed by atoms with Crippen LogP contribution in [0.15, 0.2) is 47.3 Å². The van der Waals surface area contributed by atoms with E-state index in [0.29, 0.717) is 16.9 Å². The zero-order valence-electron chi connectivity index (χ0n) is 13.1. The van der Waals surface area contributed by atoms with E-state index in [4.69, 9.17) is 23.8 Å². The van der Waals surface area contributed by atoms with E-state index in [2.05, 4.69) is 16.3 Å². The zero-order chi connectivity index (χ0) is 16.7. The number of anilines is 1. The highest BCUT2D eigenvalue weighted by Crippen LogP contribution is 2.35. The average molecular weight is 360 g/mol. The van der Waals surface area contributed by atoms with Crippen LogP contribution in [0.3, 0.4) is 0 Å². The molecule has 2 aromatic rings. The quantitative estimate of drug-likeness (QED) is 0.792. The second-order valence-corrected chi connectivity index (χ2v) is 7.37. The van der Waals surface area contributed by atoms with Gasteiger partial charge in [-0.15, -0.1) is 0 Å². The summed E-state index contributed by atoms with van der Waals surface area (Å²) in [6.45, 7) is 2.50. The fraction of sp³-hybridized carbons (Fsp3) is 0.333. The molecule has 1 aromatic heterocycles. The standard InChI is InChI=1S/C18H18ClN3OS/c19-14-3-1-4-15(8-14)20-18(24)21-9-12-7-13(11-21)16-5-2-6-17(23)22(16)10-12/h1-6,8,12-13H,7,9-11H2,(H,20,24). The first-order valence-corrected chi connectivity index (χ1v) is 8.90.